The van der Waals surface area contributed by atoms with E-state index in [0.717, 1.165) is 5.01 Å². The van der Waals surface area contributed by atoms with Gasteiger partial charge in [0.25, 0.3) is 6.29 Å². The first-order chi connectivity index (χ1) is 10.4. The van der Waals surface area contributed by atoms with Crippen molar-refractivity contribution in [3.8, 4) is 0 Å². The van der Waals surface area contributed by atoms with E-state index in [4.69, 9.17) is 14.7 Å². The molecule has 0 aromatic heterocycles. The minimum Gasteiger partial charge on any atom is -0.569 e. The number of hydrogen-bond donors (Lipinski definition) is 1. The van der Waals surface area contributed by atoms with Crippen molar-refractivity contribution in [1.29, 1.82) is 0 Å². The highest BCUT2D eigenvalue weighted by Crippen LogP contribution is 2.05. The Morgan fingerprint density at radius 1 is 1.41 bits per heavy atom. The molecule has 1 N–H and O–H groups in total. The normalized spacial score (nSPS) is 12.4. The second-order valence-electron chi connectivity index (χ2n) is 4.30. The van der Waals surface area contributed by atoms with E-state index < -0.39 is 18.2 Å². The largest absolute Gasteiger partial charge is 0.569 e. The van der Waals surface area contributed by atoms with Crippen LogP contribution >= 0.6 is 0 Å². The number of carbonyl (C=O) groups is 2. The SMILES string of the molecule is CC(O/N=[N+](/[O-])N(C)CCC(=O)O)OC(=O)c1ccccc1. The van der Waals surface area contributed by atoms with Crippen molar-refractivity contribution >= 4 is 11.9 Å². The van der Waals surface area contributed by atoms with Gasteiger partial charge >= 0.3 is 11.9 Å². The number of rotatable bonds is 8. The van der Waals surface area contributed by atoms with E-state index in [1.54, 1.807) is 30.3 Å². The van der Waals surface area contributed by atoms with E-state index in [0.29, 0.717) is 5.56 Å². The molecule has 1 aromatic rings. The summed E-state index contributed by atoms with van der Waals surface area (Å²) < 4.78 is 4.93. The summed E-state index contributed by atoms with van der Waals surface area (Å²) in [5.41, 5.74) is 0.343. The van der Waals surface area contributed by atoms with Crippen LogP contribution in [0.1, 0.15) is 23.7 Å². The minimum atomic E-state index is -1.07. The van der Waals surface area contributed by atoms with Gasteiger partial charge in [-0.15, -0.1) is 5.01 Å². The van der Waals surface area contributed by atoms with E-state index in [-0.39, 0.29) is 17.9 Å². The average Bonchev–Trinajstić information content (AvgIpc) is 2.50. The minimum absolute atomic E-state index is 0.0378. The van der Waals surface area contributed by atoms with Gasteiger partial charge in [-0.25, -0.2) is 4.79 Å². The van der Waals surface area contributed by atoms with Crippen LogP contribution < -0.4 is 0 Å². The number of esters is 1. The fourth-order valence-electron chi connectivity index (χ4n) is 1.33. The molecule has 0 saturated heterocycles. The molecular weight excluding hydrogens is 294 g/mol. The van der Waals surface area contributed by atoms with Crippen LogP contribution in [-0.2, 0) is 14.4 Å². The van der Waals surface area contributed by atoms with Gasteiger partial charge in [0.15, 0.2) is 0 Å². The maximum atomic E-state index is 11.7. The molecule has 0 saturated carbocycles. The van der Waals surface area contributed by atoms with Gasteiger partial charge in [0, 0.05) is 6.92 Å². The molecule has 0 radical (unpaired) electrons. The van der Waals surface area contributed by atoms with Gasteiger partial charge in [-0.3, -0.25) is 9.63 Å². The molecule has 1 aromatic carbocycles. The van der Waals surface area contributed by atoms with Crippen LogP contribution in [0.2, 0.25) is 0 Å². The van der Waals surface area contributed by atoms with Gasteiger partial charge in [0.1, 0.15) is 0 Å². The van der Waals surface area contributed by atoms with E-state index >= 15 is 0 Å². The molecule has 0 aliphatic carbocycles. The third kappa shape index (κ3) is 6.07. The molecule has 9 nitrogen and oxygen atoms in total. The summed E-state index contributed by atoms with van der Waals surface area (Å²) in [5.74, 6) is -1.65. The van der Waals surface area contributed by atoms with Crippen molar-refractivity contribution in [1.82, 2.24) is 5.01 Å². The molecular formula is C13H17N3O6. The van der Waals surface area contributed by atoms with Gasteiger partial charge in [0.2, 0.25) is 5.28 Å². The van der Waals surface area contributed by atoms with Crippen LogP contribution in [0, 0.1) is 5.21 Å². The van der Waals surface area contributed by atoms with Crippen molar-refractivity contribution in [3.05, 3.63) is 41.1 Å². The first-order valence-electron chi connectivity index (χ1n) is 6.43. The molecule has 0 amide bonds. The molecule has 22 heavy (non-hydrogen) atoms. The van der Waals surface area contributed by atoms with Crippen molar-refractivity contribution in [2.24, 2.45) is 5.28 Å². The molecule has 0 heterocycles. The van der Waals surface area contributed by atoms with E-state index in [1.165, 1.54) is 14.0 Å². The lowest BCUT2D eigenvalue weighted by molar-refractivity contribution is -0.707. The van der Waals surface area contributed by atoms with E-state index in [1.807, 2.05) is 0 Å². The highest BCUT2D eigenvalue weighted by molar-refractivity contribution is 5.89. The molecule has 9 heteroatoms. The van der Waals surface area contributed by atoms with Crippen molar-refractivity contribution in [2.45, 2.75) is 19.6 Å². The molecule has 0 bridgehead atoms. The summed E-state index contributed by atoms with van der Waals surface area (Å²) in [5, 5.41) is 24.1. The molecule has 1 atom stereocenters. The maximum absolute atomic E-state index is 11.7. The number of carboxylic acids is 1. The zero-order chi connectivity index (χ0) is 16.5. The highest BCUT2D eigenvalue weighted by atomic mass is 16.8. The smallest absolute Gasteiger partial charge is 0.341 e. The lowest BCUT2D eigenvalue weighted by Gasteiger charge is -2.13. The number of nitrogens with zero attached hydrogens (tertiary/aromatic N) is 3. The number of hydrazine groups is 1. The third-order valence-electron chi connectivity index (χ3n) is 2.49. The summed E-state index contributed by atoms with van der Waals surface area (Å²) in [4.78, 5) is 26.9. The molecule has 0 spiro atoms. The number of benzene rings is 1. The Bertz CT molecular complexity index is 534. The Morgan fingerprint density at radius 2 is 2.05 bits per heavy atom. The second-order valence-corrected chi connectivity index (χ2v) is 4.30. The first-order valence-corrected chi connectivity index (χ1v) is 6.43. The molecule has 1 unspecified atom stereocenters. The maximum Gasteiger partial charge on any atom is 0.341 e. The zero-order valence-corrected chi connectivity index (χ0v) is 12.2. The average molecular weight is 311 g/mol. The molecule has 0 aliphatic rings. The number of carbonyl (C=O) groups excluding carboxylic acids is 1. The lowest BCUT2D eigenvalue weighted by atomic mass is 10.2. The molecule has 1 rings (SSSR count). The monoisotopic (exact) mass is 311 g/mol. The summed E-state index contributed by atoms with van der Waals surface area (Å²) in [6.45, 7) is 1.36. The standard InChI is InChI=1S/C13H17N3O6/c1-10(21-13(19)11-6-4-3-5-7-11)22-14-16(20)15(2)9-8-12(17)18/h3-7,10H,8-9H2,1-2H3,(H,17,18)/b16-14+. The van der Waals surface area contributed by atoms with Crippen LogP contribution in [0.4, 0.5) is 0 Å². The zero-order valence-electron chi connectivity index (χ0n) is 12.2. The predicted octanol–water partition coefficient (Wildman–Crippen LogP) is 1.40. The van der Waals surface area contributed by atoms with Crippen molar-refractivity contribution in [2.75, 3.05) is 13.6 Å². The fourth-order valence-corrected chi connectivity index (χ4v) is 1.33. The van der Waals surface area contributed by atoms with Gasteiger partial charge in [-0.2, -0.15) is 0 Å². The van der Waals surface area contributed by atoms with Crippen LogP contribution in [0.15, 0.2) is 35.6 Å². The number of aliphatic carboxylic acids is 1. The first kappa shape index (κ1) is 17.2. The summed E-state index contributed by atoms with van der Waals surface area (Å²) in [6, 6.07) is 8.28. The van der Waals surface area contributed by atoms with Crippen molar-refractivity contribution < 1.29 is 29.2 Å². The van der Waals surface area contributed by atoms with Crippen LogP contribution in [-0.4, -0.2) is 46.9 Å². The van der Waals surface area contributed by atoms with Crippen LogP contribution in [0.3, 0.4) is 0 Å². The highest BCUT2D eigenvalue weighted by Gasteiger charge is 2.14. The van der Waals surface area contributed by atoms with Crippen molar-refractivity contribution in [3.63, 3.8) is 0 Å². The topological polar surface area (TPSA) is 114 Å². The van der Waals surface area contributed by atoms with Gasteiger partial charge in [-0.05, 0) is 12.1 Å². The summed E-state index contributed by atoms with van der Waals surface area (Å²) in [7, 11) is 1.35. The van der Waals surface area contributed by atoms with E-state index in [2.05, 4.69) is 5.28 Å². The number of hydrogen-bond acceptors (Lipinski definition) is 6. The van der Waals surface area contributed by atoms with E-state index in [9.17, 15) is 14.8 Å². The van der Waals surface area contributed by atoms with Gasteiger partial charge < -0.3 is 15.1 Å². The second kappa shape index (κ2) is 8.45. The summed E-state index contributed by atoms with van der Waals surface area (Å²) in [6.07, 6.45) is -1.29. The predicted molar refractivity (Wildman–Crippen MR) is 73.3 cm³/mol. The Balaban J connectivity index is 2.44. The van der Waals surface area contributed by atoms with Crippen LogP contribution in [0.5, 0.6) is 0 Å². The Morgan fingerprint density at radius 3 is 2.64 bits per heavy atom. The molecule has 0 aliphatic heterocycles. The fraction of sp³-hybridized carbons (Fsp3) is 0.385. The Hall–Kier alpha value is -2.84. The quantitative estimate of drug-likeness (QED) is 0.254. The number of carboxylic acid groups (broad SMARTS) is 1. The Kier molecular flexibility index (Phi) is 6.61. The van der Waals surface area contributed by atoms with Gasteiger partial charge in [0.05, 0.1) is 30.5 Å². The van der Waals surface area contributed by atoms with Gasteiger partial charge in [-0.1, -0.05) is 18.2 Å². The summed E-state index contributed by atoms with van der Waals surface area (Å²) >= 11 is 0. The number of ether oxygens (including phenoxy) is 1. The molecule has 0 fully saturated rings. The van der Waals surface area contributed by atoms with Crippen LogP contribution in [0.25, 0.3) is 0 Å². The lowest BCUT2D eigenvalue weighted by Crippen LogP contribution is -2.29. The molecule has 120 valence electrons. The third-order valence-corrected chi connectivity index (χ3v) is 2.49. The Labute approximate surface area is 126 Å².